The number of benzene rings is 2. The quantitative estimate of drug-likeness (QED) is 0.586. The number of aromatic nitrogens is 2. The highest BCUT2D eigenvalue weighted by molar-refractivity contribution is 14.1. The standard InChI is InChI=1S/C15H10FIN4OS/c16-9-5-7-10(8-6-9)18-14(22)19-15-21-20-13(23-15)11-3-1-2-4-12(11)17/h1-8H,(H2,18,19,21,22). The van der Waals surface area contributed by atoms with E-state index in [1.54, 1.807) is 0 Å². The molecule has 23 heavy (non-hydrogen) atoms. The van der Waals surface area contributed by atoms with E-state index in [2.05, 4.69) is 43.4 Å². The minimum Gasteiger partial charge on any atom is -0.308 e. The first-order chi connectivity index (χ1) is 11.1. The maximum absolute atomic E-state index is 12.8. The minimum atomic E-state index is -0.456. The molecule has 0 atom stereocenters. The number of anilines is 2. The van der Waals surface area contributed by atoms with Gasteiger partial charge in [0, 0.05) is 14.8 Å². The van der Waals surface area contributed by atoms with Gasteiger partial charge in [0.15, 0.2) is 5.01 Å². The summed E-state index contributed by atoms with van der Waals surface area (Å²) in [6.45, 7) is 0. The van der Waals surface area contributed by atoms with Crippen LogP contribution >= 0.6 is 33.9 Å². The van der Waals surface area contributed by atoms with Crippen molar-refractivity contribution in [3.8, 4) is 10.6 Å². The molecule has 0 saturated carbocycles. The van der Waals surface area contributed by atoms with Gasteiger partial charge in [-0.25, -0.2) is 9.18 Å². The van der Waals surface area contributed by atoms with Crippen LogP contribution in [0.1, 0.15) is 0 Å². The van der Waals surface area contributed by atoms with Gasteiger partial charge in [-0.05, 0) is 52.9 Å². The van der Waals surface area contributed by atoms with Gasteiger partial charge < -0.3 is 5.32 Å². The summed E-state index contributed by atoms with van der Waals surface area (Å²) >= 11 is 3.51. The van der Waals surface area contributed by atoms with E-state index in [0.717, 1.165) is 14.1 Å². The van der Waals surface area contributed by atoms with Crippen molar-refractivity contribution in [1.82, 2.24) is 10.2 Å². The molecule has 1 heterocycles. The lowest BCUT2D eigenvalue weighted by atomic mass is 10.2. The van der Waals surface area contributed by atoms with Gasteiger partial charge in [0.05, 0.1) is 0 Å². The van der Waals surface area contributed by atoms with Crippen molar-refractivity contribution in [1.29, 1.82) is 0 Å². The zero-order valence-electron chi connectivity index (χ0n) is 11.6. The Balaban J connectivity index is 1.68. The molecule has 0 aliphatic carbocycles. The number of amides is 2. The van der Waals surface area contributed by atoms with E-state index in [0.29, 0.717) is 10.8 Å². The molecule has 2 amide bonds. The first kappa shape index (κ1) is 15.8. The zero-order valence-corrected chi connectivity index (χ0v) is 14.6. The van der Waals surface area contributed by atoms with E-state index in [1.165, 1.54) is 35.6 Å². The lowest BCUT2D eigenvalue weighted by molar-refractivity contribution is 0.262. The first-order valence-corrected chi connectivity index (χ1v) is 8.43. The van der Waals surface area contributed by atoms with Crippen LogP contribution in [-0.2, 0) is 0 Å². The number of rotatable bonds is 3. The zero-order chi connectivity index (χ0) is 16.2. The molecule has 0 unspecified atom stereocenters. The topological polar surface area (TPSA) is 66.9 Å². The molecule has 0 radical (unpaired) electrons. The molecule has 0 saturated heterocycles. The third kappa shape index (κ3) is 4.02. The number of nitrogens with one attached hydrogen (secondary N) is 2. The average Bonchev–Trinajstić information content (AvgIpc) is 2.98. The highest BCUT2D eigenvalue weighted by Gasteiger charge is 2.11. The van der Waals surface area contributed by atoms with Crippen LogP contribution in [0.25, 0.3) is 10.6 Å². The second-order valence-corrected chi connectivity index (χ2v) is 6.62. The van der Waals surface area contributed by atoms with Gasteiger partial charge >= 0.3 is 6.03 Å². The Hall–Kier alpha value is -2.07. The fourth-order valence-corrected chi connectivity index (χ4v) is 3.41. The average molecular weight is 440 g/mol. The fraction of sp³-hybridized carbons (Fsp3) is 0. The Morgan fingerprint density at radius 2 is 1.78 bits per heavy atom. The Bertz CT molecular complexity index is 838. The Morgan fingerprint density at radius 1 is 1.04 bits per heavy atom. The Labute approximate surface area is 149 Å². The van der Waals surface area contributed by atoms with Crippen LogP contribution in [-0.4, -0.2) is 16.2 Å². The van der Waals surface area contributed by atoms with Gasteiger partial charge in [0.2, 0.25) is 5.13 Å². The van der Waals surface area contributed by atoms with E-state index in [9.17, 15) is 9.18 Å². The SMILES string of the molecule is O=C(Nc1ccc(F)cc1)Nc1nnc(-c2ccccc2I)s1. The summed E-state index contributed by atoms with van der Waals surface area (Å²) in [6.07, 6.45) is 0. The molecule has 116 valence electrons. The fourth-order valence-electron chi connectivity index (χ4n) is 1.81. The largest absolute Gasteiger partial charge is 0.325 e. The van der Waals surface area contributed by atoms with Crippen molar-refractivity contribution in [2.75, 3.05) is 10.6 Å². The van der Waals surface area contributed by atoms with Gasteiger partial charge in [0.1, 0.15) is 5.82 Å². The van der Waals surface area contributed by atoms with Crippen LogP contribution in [0.3, 0.4) is 0 Å². The van der Waals surface area contributed by atoms with Crippen LogP contribution in [0, 0.1) is 9.39 Å². The summed E-state index contributed by atoms with van der Waals surface area (Å²) in [6, 6.07) is 12.8. The van der Waals surface area contributed by atoms with Gasteiger partial charge in [-0.3, -0.25) is 5.32 Å². The lowest BCUT2D eigenvalue weighted by Gasteiger charge is -2.04. The maximum atomic E-state index is 12.8. The van der Waals surface area contributed by atoms with E-state index in [4.69, 9.17) is 0 Å². The number of hydrogen-bond donors (Lipinski definition) is 2. The van der Waals surface area contributed by atoms with Crippen LogP contribution in [0.4, 0.5) is 20.0 Å². The third-order valence-electron chi connectivity index (χ3n) is 2.85. The summed E-state index contributed by atoms with van der Waals surface area (Å²) in [7, 11) is 0. The van der Waals surface area contributed by atoms with Crippen molar-refractivity contribution in [2.24, 2.45) is 0 Å². The molecule has 2 aromatic carbocycles. The van der Waals surface area contributed by atoms with Gasteiger partial charge in [-0.1, -0.05) is 29.5 Å². The Kier molecular flexibility index (Phi) is 4.82. The molecule has 3 aromatic rings. The second-order valence-electron chi connectivity index (χ2n) is 4.48. The molecule has 0 aliphatic rings. The summed E-state index contributed by atoms with van der Waals surface area (Å²) in [5.74, 6) is -0.359. The van der Waals surface area contributed by atoms with Crippen LogP contribution < -0.4 is 10.6 Å². The smallest absolute Gasteiger partial charge is 0.308 e. The van der Waals surface area contributed by atoms with Gasteiger partial charge in [-0.15, -0.1) is 10.2 Å². The molecule has 0 bridgehead atoms. The molecule has 0 aliphatic heterocycles. The summed E-state index contributed by atoms with van der Waals surface area (Å²) in [4.78, 5) is 11.9. The van der Waals surface area contributed by atoms with Crippen LogP contribution in [0.2, 0.25) is 0 Å². The van der Waals surface area contributed by atoms with Crippen molar-refractivity contribution in [3.63, 3.8) is 0 Å². The summed E-state index contributed by atoms with van der Waals surface area (Å²) in [5, 5.41) is 14.4. The highest BCUT2D eigenvalue weighted by atomic mass is 127. The van der Waals surface area contributed by atoms with Crippen molar-refractivity contribution in [2.45, 2.75) is 0 Å². The molecule has 8 heteroatoms. The predicted molar refractivity (Wildman–Crippen MR) is 97.1 cm³/mol. The molecule has 0 spiro atoms. The number of carbonyl (C=O) groups is 1. The number of carbonyl (C=O) groups excluding carboxylic acids is 1. The number of hydrogen-bond acceptors (Lipinski definition) is 4. The van der Waals surface area contributed by atoms with Crippen molar-refractivity contribution >= 4 is 50.8 Å². The normalized spacial score (nSPS) is 10.3. The van der Waals surface area contributed by atoms with Gasteiger partial charge in [0.25, 0.3) is 0 Å². The minimum absolute atomic E-state index is 0.359. The van der Waals surface area contributed by atoms with Gasteiger partial charge in [-0.2, -0.15) is 0 Å². The van der Waals surface area contributed by atoms with Crippen molar-refractivity contribution < 1.29 is 9.18 Å². The Morgan fingerprint density at radius 3 is 2.52 bits per heavy atom. The molecule has 5 nitrogen and oxygen atoms in total. The van der Waals surface area contributed by atoms with E-state index < -0.39 is 6.03 Å². The first-order valence-electron chi connectivity index (χ1n) is 6.54. The second kappa shape index (κ2) is 7.01. The molecule has 3 rings (SSSR count). The number of nitrogens with zero attached hydrogens (tertiary/aromatic N) is 2. The monoisotopic (exact) mass is 440 g/mol. The number of halogens is 2. The highest BCUT2D eigenvalue weighted by Crippen LogP contribution is 2.29. The summed E-state index contributed by atoms with van der Waals surface area (Å²) in [5.41, 5.74) is 1.46. The maximum Gasteiger partial charge on any atom is 0.325 e. The van der Waals surface area contributed by atoms with Crippen LogP contribution in [0.15, 0.2) is 48.5 Å². The molecule has 0 fully saturated rings. The lowest BCUT2D eigenvalue weighted by Crippen LogP contribution is -2.19. The van der Waals surface area contributed by atoms with Crippen molar-refractivity contribution in [3.05, 3.63) is 57.9 Å². The summed E-state index contributed by atoms with van der Waals surface area (Å²) < 4.78 is 13.9. The van der Waals surface area contributed by atoms with E-state index in [-0.39, 0.29) is 5.82 Å². The molecule has 1 aromatic heterocycles. The number of urea groups is 1. The molecular formula is C15H10FIN4OS. The predicted octanol–water partition coefficient (Wildman–Crippen LogP) is 4.59. The van der Waals surface area contributed by atoms with E-state index in [1.807, 2.05) is 24.3 Å². The third-order valence-corrected chi connectivity index (χ3v) is 4.66. The molecule has 2 N–H and O–H groups in total. The van der Waals surface area contributed by atoms with Crippen LogP contribution in [0.5, 0.6) is 0 Å². The van der Waals surface area contributed by atoms with E-state index >= 15 is 0 Å². The molecular weight excluding hydrogens is 430 g/mol.